The predicted octanol–water partition coefficient (Wildman–Crippen LogP) is 26.0. The zero-order valence-corrected chi connectivity index (χ0v) is 95.2. The molecule has 787 valence electrons. The number of benzene rings is 10. The molecule has 20 nitrogen and oxygen atoms in total. The topological polar surface area (TPSA) is 218 Å². The lowest BCUT2D eigenvalue weighted by Gasteiger charge is -2.46. The lowest BCUT2D eigenvalue weighted by molar-refractivity contribution is -0.203. The Kier molecular flexibility index (Phi) is 42.4. The van der Waals surface area contributed by atoms with Gasteiger partial charge in [0.2, 0.25) is 0 Å². The summed E-state index contributed by atoms with van der Waals surface area (Å²) in [4.78, 5) is 0. The Balaban J connectivity index is 0.000000216. The smallest absolute Gasteiger partial charge is 0.330 e. The van der Waals surface area contributed by atoms with Gasteiger partial charge in [0.25, 0.3) is 0 Å². The minimum atomic E-state index is -1.01. The van der Waals surface area contributed by atoms with Crippen molar-refractivity contribution in [2.45, 2.75) is 276 Å². The SMILES string of the molecule is CC(C)(O)C(C)(C)O.COCOC1(c2ccc(Br)cc2)CCC(C)(c2ccc(-c3ccc(C4(C)CCC(OCOC)(c5ccc(-c6ccc(C7(OCOC)CCC(OCOC)(c8ccc(Br)cc8)CC7)cc6)cc5)CC4)cc3)cc2)CC1.COCOC1(c2ccc(Br)cc2)CCC(OCOC)(c2ccc(Br)cc2)CC1.[B]c1ccc(C2(OCOC)CCC(OCOC)(c3ccc([B]OC(C)(C)C(C)(C)O)cc3)CC2)cc1. The number of halogens is 4. The minimum absolute atomic E-state index is 0.0259. The first-order valence-corrected chi connectivity index (χ1v) is 53.9. The zero-order valence-electron chi connectivity index (χ0n) is 88.8. The third-order valence-electron chi connectivity index (χ3n) is 32.0. The number of methoxy groups -OCH3 is 8. The fourth-order valence-corrected chi connectivity index (χ4v) is 21.8. The molecule has 146 heavy (non-hydrogen) atoms. The second-order valence-electron chi connectivity index (χ2n) is 42.5. The molecule has 0 aromatic heterocycles. The quantitative estimate of drug-likeness (QED) is 0.0240. The molecule has 3 N–H and O–H groups in total. The van der Waals surface area contributed by atoms with Crippen LogP contribution in [0.2, 0.25) is 0 Å². The van der Waals surface area contributed by atoms with E-state index in [0.29, 0.717) is 0 Å². The molecule has 3 radical (unpaired) electrons. The number of rotatable bonds is 41. The Morgan fingerprint density at radius 1 is 0.233 bits per heavy atom. The van der Waals surface area contributed by atoms with Crippen LogP contribution in [0.3, 0.4) is 0 Å². The van der Waals surface area contributed by atoms with E-state index in [1.807, 2.05) is 50.2 Å². The van der Waals surface area contributed by atoms with Crippen LogP contribution in [0.25, 0.3) is 22.3 Å². The van der Waals surface area contributed by atoms with E-state index >= 15 is 0 Å². The van der Waals surface area contributed by atoms with Crippen molar-refractivity contribution < 1.29 is 95.8 Å². The van der Waals surface area contributed by atoms with Crippen LogP contribution in [0.5, 0.6) is 0 Å². The Morgan fingerprint density at radius 3 is 0.562 bits per heavy atom. The van der Waals surface area contributed by atoms with Crippen molar-refractivity contribution in [1.29, 1.82) is 0 Å². The van der Waals surface area contributed by atoms with Crippen LogP contribution in [0, 0.1) is 0 Å². The van der Waals surface area contributed by atoms with Crippen LogP contribution < -0.4 is 10.9 Å². The first-order chi connectivity index (χ1) is 69.6. The number of aliphatic hydroxyl groups is 3. The average molecular weight is 2260 g/mol. The molecule has 15 rings (SSSR count). The molecule has 5 saturated carbocycles. The predicted molar refractivity (Wildman–Crippen MR) is 592 cm³/mol. The molecule has 0 unspecified atom stereocenters. The molecule has 5 aliphatic carbocycles. The standard InChI is InChI=1S/C64H74Br2O8.C28H39B2O6.C22H26Br2O4.C6H14O2/c1-59(51-15-7-47(8-16-51)48-9-17-52(18-10-48)60(2)33-37-62(38-34-60,72-44-68-4)55-23-27-57(65)28-24-55)31-35-61(36-32-59,71-43-67-3)53-19-11-49(12-20-53)50-13-21-54(22-14-50)63(73-45-69-5)39-41-64(42-40-63,74-46-70-6)56-25-29-58(66)30-26-56;1-25(2,31)26(3,4)36-30-24-13-9-22(10-14-24)28(35-20-33-6)17-15-27(16-18-28,34-19-32-5)21-7-11-23(29)12-8-21;1-25-15-27-21(17-3-7-19(23)8-4-17)11-13-22(14-12-21,28-16-26-2)18-5-9-20(24)10-6-18;1-5(2,7)6(3,4)8/h7-30H,31-46H2,1-6H3;7-14,31H,15-20H2,1-6H3;3-10H,11-16H2,1-2H3;7-8H,1-4H3. The van der Waals surface area contributed by atoms with E-state index in [1.165, 1.54) is 44.5 Å². The molecule has 0 saturated heterocycles. The summed E-state index contributed by atoms with van der Waals surface area (Å²) >= 11 is 14.2. The maximum Gasteiger partial charge on any atom is 0.330 e. The van der Waals surface area contributed by atoms with Gasteiger partial charge in [-0.1, -0.05) is 283 Å². The highest BCUT2D eigenvalue weighted by molar-refractivity contribution is 9.11. The fraction of sp³-hybridized carbons (Fsp3) is 0.500. The molecule has 0 atom stereocenters. The monoisotopic (exact) mass is 2250 g/mol. The molecule has 0 amide bonds. The van der Waals surface area contributed by atoms with E-state index in [1.54, 1.807) is 106 Å². The molecule has 26 heteroatoms. The van der Waals surface area contributed by atoms with Crippen LogP contribution in [-0.4, -0.2) is 164 Å². The van der Waals surface area contributed by atoms with Gasteiger partial charge in [0.15, 0.2) is 0 Å². The molecule has 5 fully saturated rings. The van der Waals surface area contributed by atoms with Gasteiger partial charge in [0.1, 0.15) is 62.2 Å². The van der Waals surface area contributed by atoms with Gasteiger partial charge in [-0.25, -0.2) is 0 Å². The van der Waals surface area contributed by atoms with Gasteiger partial charge in [-0.05, 0) is 321 Å². The maximum atomic E-state index is 10.3. The second kappa shape index (κ2) is 52.4. The van der Waals surface area contributed by atoms with Gasteiger partial charge in [0, 0.05) is 74.8 Å². The Morgan fingerprint density at radius 2 is 0.390 bits per heavy atom. The third kappa shape index (κ3) is 29.3. The van der Waals surface area contributed by atoms with Crippen molar-refractivity contribution >= 4 is 90.0 Å². The normalized spacial score (nSPS) is 25.0. The first kappa shape index (κ1) is 118. The van der Waals surface area contributed by atoms with Gasteiger partial charge in [-0.3, -0.25) is 0 Å². The second-order valence-corrected chi connectivity index (χ2v) is 46.1. The lowest BCUT2D eigenvalue weighted by atomic mass is 9.64. The number of ether oxygens (including phenoxy) is 16. The van der Waals surface area contributed by atoms with Gasteiger partial charge >= 0.3 is 7.48 Å². The fourth-order valence-electron chi connectivity index (χ4n) is 20.8. The Hall–Kier alpha value is -6.55. The third-order valence-corrected chi connectivity index (χ3v) is 34.1. The molecular weight excluding hydrogens is 2100 g/mol. The van der Waals surface area contributed by atoms with Crippen molar-refractivity contribution in [2.75, 3.05) is 111 Å². The minimum Gasteiger partial charge on any atom is -0.427 e. The molecule has 0 aliphatic heterocycles. The van der Waals surface area contributed by atoms with Crippen LogP contribution in [0.1, 0.15) is 253 Å². The van der Waals surface area contributed by atoms with Crippen LogP contribution in [0.15, 0.2) is 261 Å². The lowest BCUT2D eigenvalue weighted by Crippen LogP contribution is -2.49. The Bertz CT molecular complexity index is 5490. The van der Waals surface area contributed by atoms with Crippen molar-refractivity contribution in [3.8, 4) is 22.3 Å². The van der Waals surface area contributed by atoms with Crippen molar-refractivity contribution in [3.05, 3.63) is 316 Å². The van der Waals surface area contributed by atoms with E-state index in [9.17, 15) is 5.11 Å². The van der Waals surface area contributed by atoms with Gasteiger partial charge in [-0.15, -0.1) is 0 Å². The summed E-state index contributed by atoms with van der Waals surface area (Å²) in [5, 5.41) is 28.6. The van der Waals surface area contributed by atoms with Crippen molar-refractivity contribution in [1.82, 2.24) is 0 Å². The van der Waals surface area contributed by atoms with E-state index in [2.05, 4.69) is 284 Å². The van der Waals surface area contributed by atoms with Crippen LogP contribution in [-0.2, 0) is 136 Å². The molecule has 5 aliphatic rings. The highest BCUT2D eigenvalue weighted by atomic mass is 79.9. The van der Waals surface area contributed by atoms with Gasteiger partial charge in [-0.2, -0.15) is 0 Å². The molecule has 10 aromatic rings. The van der Waals surface area contributed by atoms with E-state index in [0.717, 1.165) is 191 Å². The molecule has 0 bridgehead atoms. The molecule has 0 spiro atoms. The summed E-state index contributed by atoms with van der Waals surface area (Å²) in [6.45, 7) is 20.3. The van der Waals surface area contributed by atoms with Crippen molar-refractivity contribution in [3.63, 3.8) is 0 Å². The molecule has 0 heterocycles. The first-order valence-electron chi connectivity index (χ1n) is 50.7. The van der Waals surface area contributed by atoms with E-state index in [4.69, 9.17) is 98.5 Å². The van der Waals surface area contributed by atoms with Crippen LogP contribution >= 0.6 is 63.7 Å². The zero-order chi connectivity index (χ0) is 105. The average Bonchev–Trinajstić information content (AvgIpc) is 0.568. The Labute approximate surface area is 904 Å². The summed E-state index contributed by atoms with van der Waals surface area (Å²) in [5.74, 6) is 0. The van der Waals surface area contributed by atoms with E-state index in [-0.39, 0.29) is 82.0 Å². The summed E-state index contributed by atoms with van der Waals surface area (Å²) in [5.41, 5.74) is 11.3. The highest BCUT2D eigenvalue weighted by Gasteiger charge is 2.52. The largest absolute Gasteiger partial charge is 0.427 e. The maximum absolute atomic E-state index is 10.3. The highest BCUT2D eigenvalue weighted by Crippen LogP contribution is 2.57. The van der Waals surface area contributed by atoms with Gasteiger partial charge < -0.3 is 95.8 Å². The number of hydrogen-bond acceptors (Lipinski definition) is 20. The van der Waals surface area contributed by atoms with Crippen LogP contribution in [0.4, 0.5) is 0 Å². The summed E-state index contributed by atoms with van der Waals surface area (Å²) in [7, 11) is 21.0. The number of hydrogen-bond donors (Lipinski definition) is 3. The van der Waals surface area contributed by atoms with E-state index < -0.39 is 50.4 Å². The summed E-state index contributed by atoms with van der Waals surface area (Å²) < 4.78 is 104. The summed E-state index contributed by atoms with van der Waals surface area (Å²) in [6, 6.07) is 86.4. The van der Waals surface area contributed by atoms with Crippen molar-refractivity contribution in [2.24, 2.45) is 0 Å². The molecule has 10 aromatic carbocycles. The molecular formula is C120H153B2Br4O20. The van der Waals surface area contributed by atoms with Gasteiger partial charge in [0.05, 0.1) is 67.2 Å². The summed E-state index contributed by atoms with van der Waals surface area (Å²) in [6.07, 6.45) is 17.2.